The summed E-state index contributed by atoms with van der Waals surface area (Å²) in [5, 5.41) is 3.71. The molecule has 1 heterocycles. The van der Waals surface area contributed by atoms with Gasteiger partial charge in [0.05, 0.1) is 5.52 Å². The first-order valence-corrected chi connectivity index (χ1v) is 7.65. The van der Waals surface area contributed by atoms with Crippen molar-refractivity contribution >= 4 is 16.8 Å². The smallest absolute Gasteiger partial charge is 0.263 e. The van der Waals surface area contributed by atoms with Gasteiger partial charge in [0.1, 0.15) is 5.56 Å². The van der Waals surface area contributed by atoms with E-state index in [2.05, 4.69) is 5.32 Å². The number of amides is 1. The average Bonchev–Trinajstić information content (AvgIpc) is 2.60. The molecule has 0 saturated heterocycles. The highest BCUT2D eigenvalue weighted by molar-refractivity contribution is 5.97. The molecular weight excluding hydrogens is 288 g/mol. The van der Waals surface area contributed by atoms with Gasteiger partial charge in [0.2, 0.25) is 0 Å². The molecule has 1 amide bonds. The Balaban J connectivity index is 1.94. The fraction of sp³-hybridized carbons (Fsp3) is 0.158. The lowest BCUT2D eigenvalue weighted by Crippen LogP contribution is -2.32. The maximum atomic E-state index is 12.6. The second kappa shape index (κ2) is 6.48. The lowest BCUT2D eigenvalue weighted by Gasteiger charge is -2.11. The molecule has 0 saturated carbocycles. The first kappa shape index (κ1) is 15.0. The number of fused-ring (bicyclic) bond motifs is 1. The summed E-state index contributed by atoms with van der Waals surface area (Å²) in [6.07, 6.45) is 0. The summed E-state index contributed by atoms with van der Waals surface area (Å²) in [6.45, 7) is 2.83. The van der Waals surface area contributed by atoms with Gasteiger partial charge in [-0.1, -0.05) is 48.5 Å². The van der Waals surface area contributed by atoms with E-state index in [-0.39, 0.29) is 17.0 Å². The Kier molecular flexibility index (Phi) is 4.24. The Bertz CT molecular complexity index is 898. The number of carbonyl (C=O) groups is 1. The summed E-state index contributed by atoms with van der Waals surface area (Å²) in [5.41, 5.74) is 1.77. The summed E-state index contributed by atoms with van der Waals surface area (Å²) in [5.74, 6) is -0.341. The highest BCUT2D eigenvalue weighted by Crippen LogP contribution is 2.13. The maximum Gasteiger partial charge on any atom is 0.263 e. The van der Waals surface area contributed by atoms with E-state index >= 15 is 0 Å². The lowest BCUT2D eigenvalue weighted by atomic mass is 10.1. The molecule has 0 spiro atoms. The lowest BCUT2D eigenvalue weighted by molar-refractivity contribution is 0.0949. The van der Waals surface area contributed by atoms with Crippen molar-refractivity contribution in [3.8, 4) is 0 Å². The van der Waals surface area contributed by atoms with Gasteiger partial charge in [-0.3, -0.25) is 9.59 Å². The fourth-order valence-corrected chi connectivity index (χ4v) is 2.68. The standard InChI is InChI=1S/C19H18N2O2/c1-2-21-17-11-7-6-10-15(17)12-16(19(21)23)18(22)20-13-14-8-4-3-5-9-14/h3-12H,2,13H2,1H3,(H,20,22). The van der Waals surface area contributed by atoms with E-state index in [0.29, 0.717) is 13.1 Å². The molecule has 0 fully saturated rings. The molecule has 2 aromatic carbocycles. The Morgan fingerprint density at radius 2 is 1.74 bits per heavy atom. The first-order valence-electron chi connectivity index (χ1n) is 7.65. The Morgan fingerprint density at radius 1 is 1.04 bits per heavy atom. The van der Waals surface area contributed by atoms with Gasteiger partial charge in [0.25, 0.3) is 11.5 Å². The van der Waals surface area contributed by atoms with Crippen molar-refractivity contribution in [2.24, 2.45) is 0 Å². The van der Waals surface area contributed by atoms with E-state index in [4.69, 9.17) is 0 Å². The number of benzene rings is 2. The number of pyridine rings is 1. The Hall–Kier alpha value is -2.88. The van der Waals surface area contributed by atoms with E-state index in [9.17, 15) is 9.59 Å². The van der Waals surface area contributed by atoms with E-state index < -0.39 is 0 Å². The summed E-state index contributed by atoms with van der Waals surface area (Å²) in [7, 11) is 0. The number of para-hydroxylation sites is 1. The van der Waals surface area contributed by atoms with Crippen LogP contribution < -0.4 is 10.9 Å². The van der Waals surface area contributed by atoms with Crippen LogP contribution in [0.25, 0.3) is 10.9 Å². The number of aromatic nitrogens is 1. The Labute approximate surface area is 134 Å². The first-order chi connectivity index (χ1) is 11.2. The van der Waals surface area contributed by atoms with E-state index in [0.717, 1.165) is 16.5 Å². The molecule has 23 heavy (non-hydrogen) atoms. The van der Waals surface area contributed by atoms with Crippen molar-refractivity contribution in [2.75, 3.05) is 0 Å². The van der Waals surface area contributed by atoms with E-state index in [1.807, 2.05) is 61.5 Å². The molecule has 4 heteroatoms. The van der Waals surface area contributed by atoms with Gasteiger partial charge >= 0.3 is 0 Å². The van der Waals surface area contributed by atoms with Crippen molar-refractivity contribution in [3.05, 3.63) is 82.1 Å². The van der Waals surface area contributed by atoms with Gasteiger partial charge in [0.15, 0.2) is 0 Å². The summed E-state index contributed by atoms with van der Waals surface area (Å²) >= 11 is 0. The molecule has 4 nitrogen and oxygen atoms in total. The van der Waals surface area contributed by atoms with Crippen LogP contribution in [0, 0.1) is 0 Å². The molecule has 0 unspecified atom stereocenters. The van der Waals surface area contributed by atoms with Gasteiger partial charge in [0, 0.05) is 13.1 Å². The molecule has 1 N–H and O–H groups in total. The van der Waals surface area contributed by atoms with Gasteiger partial charge in [-0.25, -0.2) is 0 Å². The van der Waals surface area contributed by atoms with Gasteiger partial charge < -0.3 is 9.88 Å². The maximum absolute atomic E-state index is 12.6. The second-order valence-electron chi connectivity index (χ2n) is 5.33. The van der Waals surface area contributed by atoms with Crippen molar-refractivity contribution < 1.29 is 4.79 Å². The molecule has 0 bridgehead atoms. The number of hydrogen-bond donors (Lipinski definition) is 1. The van der Waals surface area contributed by atoms with Gasteiger partial charge in [-0.05, 0) is 30.0 Å². The largest absolute Gasteiger partial charge is 0.348 e. The van der Waals surface area contributed by atoms with Crippen LogP contribution in [0.15, 0.2) is 65.5 Å². The quantitative estimate of drug-likeness (QED) is 0.805. The predicted octanol–water partition coefficient (Wildman–Crippen LogP) is 2.95. The predicted molar refractivity (Wildman–Crippen MR) is 91.5 cm³/mol. The zero-order chi connectivity index (χ0) is 16.2. The minimum absolute atomic E-state index is 0.182. The van der Waals surface area contributed by atoms with Crippen LogP contribution in [-0.2, 0) is 13.1 Å². The molecular formula is C19H18N2O2. The number of carbonyl (C=O) groups excluding carboxylic acids is 1. The molecule has 0 aliphatic carbocycles. The molecule has 116 valence electrons. The number of nitrogens with one attached hydrogen (secondary N) is 1. The monoisotopic (exact) mass is 306 g/mol. The van der Waals surface area contributed by atoms with Gasteiger partial charge in [-0.2, -0.15) is 0 Å². The van der Waals surface area contributed by atoms with Crippen LogP contribution in [0.2, 0.25) is 0 Å². The normalized spacial score (nSPS) is 10.7. The fourth-order valence-electron chi connectivity index (χ4n) is 2.68. The zero-order valence-electron chi connectivity index (χ0n) is 13.0. The van der Waals surface area contributed by atoms with E-state index in [1.54, 1.807) is 10.6 Å². The number of nitrogens with zero attached hydrogens (tertiary/aromatic N) is 1. The highest BCUT2D eigenvalue weighted by atomic mass is 16.2. The summed E-state index contributed by atoms with van der Waals surface area (Å²) in [6, 6.07) is 18.9. The molecule has 0 aliphatic heterocycles. The van der Waals surface area contributed by atoms with Gasteiger partial charge in [-0.15, -0.1) is 0 Å². The van der Waals surface area contributed by atoms with Crippen molar-refractivity contribution in [1.29, 1.82) is 0 Å². The average molecular weight is 306 g/mol. The zero-order valence-corrected chi connectivity index (χ0v) is 13.0. The summed E-state index contributed by atoms with van der Waals surface area (Å²) < 4.78 is 1.63. The molecule has 0 radical (unpaired) electrons. The SMILES string of the molecule is CCn1c(=O)c(C(=O)NCc2ccccc2)cc2ccccc21. The number of rotatable bonds is 4. The van der Waals surface area contributed by atoms with Crippen LogP contribution in [-0.4, -0.2) is 10.5 Å². The van der Waals surface area contributed by atoms with Crippen LogP contribution in [0.3, 0.4) is 0 Å². The second-order valence-corrected chi connectivity index (χ2v) is 5.33. The van der Waals surface area contributed by atoms with Crippen LogP contribution in [0.4, 0.5) is 0 Å². The van der Waals surface area contributed by atoms with Crippen molar-refractivity contribution in [1.82, 2.24) is 9.88 Å². The number of hydrogen-bond acceptors (Lipinski definition) is 2. The molecule has 0 aliphatic rings. The van der Waals surface area contributed by atoms with E-state index in [1.165, 1.54) is 0 Å². The molecule has 3 rings (SSSR count). The third-order valence-corrected chi connectivity index (χ3v) is 3.86. The van der Waals surface area contributed by atoms with Crippen LogP contribution >= 0.6 is 0 Å². The molecule has 0 atom stereocenters. The molecule has 1 aromatic heterocycles. The Morgan fingerprint density at radius 3 is 2.48 bits per heavy atom. The van der Waals surface area contributed by atoms with Crippen molar-refractivity contribution in [3.63, 3.8) is 0 Å². The van der Waals surface area contributed by atoms with Crippen LogP contribution in [0.5, 0.6) is 0 Å². The van der Waals surface area contributed by atoms with Crippen molar-refractivity contribution in [2.45, 2.75) is 20.0 Å². The number of aryl methyl sites for hydroxylation is 1. The summed E-state index contributed by atoms with van der Waals surface area (Å²) in [4.78, 5) is 25.0. The third-order valence-electron chi connectivity index (χ3n) is 3.86. The minimum atomic E-state index is -0.341. The van der Waals surface area contributed by atoms with Crippen LogP contribution in [0.1, 0.15) is 22.8 Å². The molecule has 3 aromatic rings. The minimum Gasteiger partial charge on any atom is -0.348 e. The topological polar surface area (TPSA) is 51.1 Å². The highest BCUT2D eigenvalue weighted by Gasteiger charge is 2.14. The third kappa shape index (κ3) is 3.01.